The second-order valence-electron chi connectivity index (χ2n) is 17.6. The molecule has 6 aliphatic carbocycles. The van der Waals surface area contributed by atoms with Crippen LogP contribution < -0.4 is 10.2 Å². The maximum Gasteiger partial charge on any atom is 0.159 e. The Morgan fingerprint density at radius 1 is 0.593 bits per heavy atom. The van der Waals surface area contributed by atoms with Gasteiger partial charge in [0.1, 0.15) is 11.2 Å². The van der Waals surface area contributed by atoms with Gasteiger partial charge in [-0.15, -0.1) is 0 Å². The molecule has 13 rings (SSSR count). The van der Waals surface area contributed by atoms with Crippen molar-refractivity contribution in [2.45, 2.75) is 45.4 Å². The lowest BCUT2D eigenvalue weighted by Gasteiger charge is -2.54. The van der Waals surface area contributed by atoms with Crippen molar-refractivity contribution < 1.29 is 8.83 Å². The smallest absolute Gasteiger partial charge is 0.159 e. The molecule has 0 radical (unpaired) electrons. The van der Waals surface area contributed by atoms with E-state index in [1.807, 2.05) is 0 Å². The molecule has 2 atom stereocenters. The summed E-state index contributed by atoms with van der Waals surface area (Å²) in [5, 5.41) is 8.60. The zero-order valence-corrected chi connectivity index (χ0v) is 33.2. The number of anilines is 3. The first-order valence-electron chi connectivity index (χ1n) is 21.6. The van der Waals surface area contributed by atoms with E-state index in [-0.39, 0.29) is 11.3 Å². The zero-order valence-electron chi connectivity index (χ0n) is 33.2. The van der Waals surface area contributed by atoms with Gasteiger partial charge in [-0.05, 0) is 120 Å². The van der Waals surface area contributed by atoms with Crippen molar-refractivity contribution in [1.29, 1.82) is 0 Å². The highest BCUT2D eigenvalue weighted by Crippen LogP contribution is 2.65. The van der Waals surface area contributed by atoms with Gasteiger partial charge in [0, 0.05) is 44.3 Å². The highest BCUT2D eigenvalue weighted by Gasteiger charge is 2.54. The van der Waals surface area contributed by atoms with E-state index in [2.05, 4.69) is 169 Å². The Hall–Kier alpha value is -6.52. The predicted molar refractivity (Wildman–Crippen MR) is 241 cm³/mol. The summed E-state index contributed by atoms with van der Waals surface area (Å²) in [7, 11) is 0. The average molecular weight is 765 g/mol. The Labute approximate surface area is 343 Å². The van der Waals surface area contributed by atoms with E-state index < -0.39 is 0 Å². The van der Waals surface area contributed by atoms with Crippen LogP contribution in [0.5, 0.6) is 0 Å². The van der Waals surface area contributed by atoms with Crippen molar-refractivity contribution in [2.75, 3.05) is 10.2 Å². The van der Waals surface area contributed by atoms with Gasteiger partial charge in [-0.2, -0.15) is 0 Å². The molecule has 1 N–H and O–H groups in total. The molecular weight excluding hydrogens is 721 g/mol. The fraction of sp³-hybridized carbons (Fsp3) is 0.200. The molecule has 0 saturated heterocycles. The van der Waals surface area contributed by atoms with Crippen LogP contribution in [0.4, 0.5) is 17.1 Å². The largest absolute Gasteiger partial charge is 0.454 e. The van der Waals surface area contributed by atoms with Crippen molar-refractivity contribution in [2.24, 2.45) is 23.2 Å². The van der Waals surface area contributed by atoms with E-state index in [0.29, 0.717) is 11.8 Å². The summed E-state index contributed by atoms with van der Waals surface area (Å²) in [6, 6.07) is 40.9. The topological polar surface area (TPSA) is 41.6 Å². The van der Waals surface area contributed by atoms with Crippen LogP contribution in [-0.4, -0.2) is 0 Å². The Morgan fingerprint density at radius 3 is 1.98 bits per heavy atom. The van der Waals surface area contributed by atoms with Crippen LogP contribution in [0.3, 0.4) is 0 Å². The van der Waals surface area contributed by atoms with E-state index in [1.165, 1.54) is 83.4 Å². The van der Waals surface area contributed by atoms with Crippen molar-refractivity contribution >= 4 is 60.9 Å². The molecule has 4 heteroatoms. The molecule has 0 spiro atoms. The van der Waals surface area contributed by atoms with Gasteiger partial charge in [0.25, 0.3) is 0 Å². The van der Waals surface area contributed by atoms with Gasteiger partial charge in [-0.25, -0.2) is 0 Å². The number of para-hydroxylation sites is 5. The van der Waals surface area contributed by atoms with Gasteiger partial charge in [0.2, 0.25) is 0 Å². The summed E-state index contributed by atoms with van der Waals surface area (Å²) in [5.41, 5.74) is 17.7. The third-order valence-corrected chi connectivity index (χ3v) is 14.6. The van der Waals surface area contributed by atoms with Crippen LogP contribution in [0.15, 0.2) is 205 Å². The molecule has 0 aliphatic heterocycles. The first kappa shape index (κ1) is 33.5. The Kier molecular flexibility index (Phi) is 7.08. The lowest BCUT2D eigenvalue weighted by molar-refractivity contribution is 0.317. The summed E-state index contributed by atoms with van der Waals surface area (Å²) in [6.45, 7) is 2.56. The second-order valence-corrected chi connectivity index (χ2v) is 17.6. The Morgan fingerprint density at radius 2 is 1.25 bits per heavy atom. The van der Waals surface area contributed by atoms with Crippen molar-refractivity contribution in [3.8, 4) is 0 Å². The average Bonchev–Trinajstić information content (AvgIpc) is 3.80. The molecule has 286 valence electrons. The minimum atomic E-state index is -0.306. The van der Waals surface area contributed by atoms with Crippen LogP contribution in [0, 0.1) is 23.2 Å². The maximum atomic E-state index is 6.81. The molecule has 7 aromatic rings. The molecular formula is C55H44N2O2. The maximum absolute atomic E-state index is 6.81. The van der Waals surface area contributed by atoms with Gasteiger partial charge in [0.15, 0.2) is 11.2 Å². The van der Waals surface area contributed by atoms with Crippen LogP contribution in [-0.2, 0) is 0 Å². The van der Waals surface area contributed by atoms with E-state index in [4.69, 9.17) is 8.83 Å². The molecule has 2 heterocycles. The fourth-order valence-electron chi connectivity index (χ4n) is 11.3. The molecule has 2 aromatic heterocycles. The quantitative estimate of drug-likeness (QED) is 0.175. The first-order chi connectivity index (χ1) is 29.1. The number of hydrogen-bond acceptors (Lipinski definition) is 4. The minimum absolute atomic E-state index is 0.152. The second kappa shape index (κ2) is 12.5. The van der Waals surface area contributed by atoms with E-state index in [9.17, 15) is 0 Å². The number of hydrogen-bond donors (Lipinski definition) is 1. The third-order valence-electron chi connectivity index (χ3n) is 14.6. The van der Waals surface area contributed by atoms with Crippen LogP contribution in [0.25, 0.3) is 43.9 Å². The highest BCUT2D eigenvalue weighted by molar-refractivity contribution is 6.10. The van der Waals surface area contributed by atoms with Gasteiger partial charge >= 0.3 is 0 Å². The summed E-state index contributed by atoms with van der Waals surface area (Å²) >= 11 is 0. The summed E-state index contributed by atoms with van der Waals surface area (Å²) in [4.78, 5) is 2.50. The Bertz CT molecular complexity index is 3170. The van der Waals surface area contributed by atoms with Crippen molar-refractivity contribution in [3.63, 3.8) is 0 Å². The van der Waals surface area contributed by atoms with Crippen molar-refractivity contribution in [1.82, 2.24) is 0 Å². The minimum Gasteiger partial charge on any atom is -0.454 e. The Balaban J connectivity index is 1.04. The first-order valence-corrected chi connectivity index (χ1v) is 21.6. The fourth-order valence-corrected chi connectivity index (χ4v) is 11.3. The number of nitrogens with zero attached hydrogens (tertiary/aromatic N) is 1. The van der Waals surface area contributed by atoms with Crippen LogP contribution in [0.2, 0.25) is 0 Å². The monoisotopic (exact) mass is 764 g/mol. The van der Waals surface area contributed by atoms with Gasteiger partial charge in [-0.3, -0.25) is 0 Å². The molecule has 0 bridgehead atoms. The van der Waals surface area contributed by atoms with Gasteiger partial charge < -0.3 is 19.1 Å². The number of benzene rings is 5. The molecule has 2 fully saturated rings. The predicted octanol–water partition coefficient (Wildman–Crippen LogP) is 14.8. The molecule has 2 unspecified atom stereocenters. The van der Waals surface area contributed by atoms with Gasteiger partial charge in [-0.1, -0.05) is 123 Å². The van der Waals surface area contributed by atoms with Crippen LogP contribution in [0.1, 0.15) is 45.4 Å². The number of nitrogens with one attached hydrogen (secondary N) is 1. The summed E-state index contributed by atoms with van der Waals surface area (Å²) in [6.07, 6.45) is 22.5. The number of allylic oxidation sites excluding steroid dienone is 12. The molecule has 0 amide bonds. The summed E-state index contributed by atoms with van der Waals surface area (Å²) < 4.78 is 13.4. The van der Waals surface area contributed by atoms with Crippen LogP contribution >= 0.6 is 0 Å². The normalized spacial score (nSPS) is 22.6. The molecule has 59 heavy (non-hydrogen) atoms. The molecule has 6 aliphatic rings. The molecule has 2 saturated carbocycles. The van der Waals surface area contributed by atoms with E-state index in [1.54, 1.807) is 0 Å². The number of fused-ring (bicyclic) bond motifs is 6. The van der Waals surface area contributed by atoms with E-state index >= 15 is 0 Å². The lowest BCUT2D eigenvalue weighted by atomic mass is 9.50. The van der Waals surface area contributed by atoms with Crippen molar-refractivity contribution in [3.05, 3.63) is 197 Å². The number of furan rings is 2. The van der Waals surface area contributed by atoms with Gasteiger partial charge in [0.05, 0.1) is 17.1 Å². The summed E-state index contributed by atoms with van der Waals surface area (Å²) in [5.74, 6) is 1.25. The number of rotatable bonds is 7. The highest BCUT2D eigenvalue weighted by atomic mass is 16.3. The zero-order chi connectivity index (χ0) is 38.8. The molecule has 4 nitrogen and oxygen atoms in total. The molecule has 5 aromatic carbocycles. The van der Waals surface area contributed by atoms with E-state index in [0.717, 1.165) is 60.9 Å². The SMILES string of the molecule is CC12C3=CC=C4C(Nc5cccc6c5oc5ccccc56)=CC(C5CCC5)=C(C=CC1=C(N(c1ccccc1)c1cccc5c1oc1ccccc15)C=C3C1CCC1)C42. The lowest BCUT2D eigenvalue weighted by Crippen LogP contribution is -2.45. The third kappa shape index (κ3) is 4.72. The standard InChI is InChI=1S/C55H44N2O2/c1-55-44-29-28-41-47(56-46-23-11-21-39-36-19-5-7-25-50(36)58-53(39)46)31-42(33-13-9-14-33)38(52(41)55)27-30-45(55)49(32-43(44)34-15-10-16-34)57(35-17-3-2-4-18-35)48-24-12-22-40-37-20-6-8-26-51(37)59-54(40)48/h2-8,11-12,17-34,52,56H,9-10,13-16H2,1H3.